The van der Waals surface area contributed by atoms with Crippen LogP contribution in [0.1, 0.15) is 22.6 Å². The van der Waals surface area contributed by atoms with Crippen LogP contribution in [0.3, 0.4) is 0 Å². The number of benzene rings is 3. The Morgan fingerprint density at radius 1 is 1.00 bits per heavy atom. The zero-order valence-corrected chi connectivity index (χ0v) is 17.0. The molecule has 1 fully saturated rings. The summed E-state index contributed by atoms with van der Waals surface area (Å²) >= 11 is 6.48. The number of likely N-dealkylation sites (N-methyl/N-ethyl adjacent to an activating group) is 1. The lowest BCUT2D eigenvalue weighted by Gasteiger charge is -2.35. The van der Waals surface area contributed by atoms with Gasteiger partial charge in [-0.25, -0.2) is 0 Å². The molecule has 3 nitrogen and oxygen atoms in total. The van der Waals surface area contributed by atoms with Crippen LogP contribution >= 0.6 is 11.6 Å². The first-order chi connectivity index (χ1) is 13.7. The smallest absolute Gasteiger partial charge is 0.0642 e. The average Bonchev–Trinajstić information content (AvgIpc) is 2.73. The molecular formula is C24H25ClN2O. The summed E-state index contributed by atoms with van der Waals surface area (Å²) in [5.41, 5.74) is 5.54. The second-order valence-corrected chi connectivity index (χ2v) is 8.36. The number of morpholine rings is 1. The largest absolute Gasteiger partial charge is 0.378 e. The summed E-state index contributed by atoms with van der Waals surface area (Å²) in [6, 6.07) is 19.9. The Bertz CT molecular complexity index is 1010. The topological polar surface area (TPSA) is 15.7 Å². The maximum atomic E-state index is 6.48. The molecule has 3 aromatic carbocycles. The van der Waals surface area contributed by atoms with Crippen LogP contribution < -0.4 is 4.90 Å². The number of ether oxygens (including phenoxy) is 1. The van der Waals surface area contributed by atoms with Gasteiger partial charge in [0.2, 0.25) is 0 Å². The fourth-order valence-corrected chi connectivity index (χ4v) is 4.84. The quantitative estimate of drug-likeness (QED) is 0.616. The minimum absolute atomic E-state index is 0.369. The number of anilines is 1. The van der Waals surface area contributed by atoms with Gasteiger partial charge in [0.25, 0.3) is 0 Å². The molecule has 1 saturated heterocycles. The average molecular weight is 393 g/mol. The maximum Gasteiger partial charge on any atom is 0.0642 e. The van der Waals surface area contributed by atoms with E-state index in [4.69, 9.17) is 16.3 Å². The normalized spacial score (nSPS) is 20.4. The van der Waals surface area contributed by atoms with Crippen molar-refractivity contribution >= 4 is 28.1 Å². The zero-order chi connectivity index (χ0) is 19.1. The number of nitrogens with zero attached hydrogens (tertiary/aromatic N) is 2. The van der Waals surface area contributed by atoms with E-state index >= 15 is 0 Å². The molecule has 0 radical (unpaired) electrons. The van der Waals surface area contributed by atoms with Crippen LogP contribution in [-0.4, -0.2) is 44.8 Å². The molecule has 0 saturated carbocycles. The van der Waals surface area contributed by atoms with Crippen molar-refractivity contribution in [3.05, 3.63) is 76.3 Å². The summed E-state index contributed by atoms with van der Waals surface area (Å²) < 4.78 is 5.51. The lowest BCUT2D eigenvalue weighted by molar-refractivity contribution is 0.122. The van der Waals surface area contributed by atoms with Gasteiger partial charge < -0.3 is 14.5 Å². The van der Waals surface area contributed by atoms with Gasteiger partial charge in [-0.05, 0) is 53.4 Å². The summed E-state index contributed by atoms with van der Waals surface area (Å²) in [5.74, 6) is 0.369. The van der Waals surface area contributed by atoms with Crippen molar-refractivity contribution < 1.29 is 4.74 Å². The molecule has 2 heterocycles. The predicted octanol–water partition coefficient (Wildman–Crippen LogP) is 4.91. The van der Waals surface area contributed by atoms with Gasteiger partial charge in [-0.2, -0.15) is 0 Å². The summed E-state index contributed by atoms with van der Waals surface area (Å²) in [6.45, 7) is 5.61. The molecule has 0 spiro atoms. The van der Waals surface area contributed by atoms with Gasteiger partial charge in [-0.15, -0.1) is 0 Å². The monoisotopic (exact) mass is 392 g/mol. The Morgan fingerprint density at radius 3 is 2.71 bits per heavy atom. The third-order valence-corrected chi connectivity index (χ3v) is 6.40. The van der Waals surface area contributed by atoms with Gasteiger partial charge >= 0.3 is 0 Å². The first-order valence-corrected chi connectivity index (χ1v) is 10.4. The highest BCUT2D eigenvalue weighted by molar-refractivity contribution is 6.35. The molecule has 5 rings (SSSR count). The lowest BCUT2D eigenvalue weighted by Crippen LogP contribution is -2.36. The van der Waals surface area contributed by atoms with Crippen molar-refractivity contribution in [2.75, 3.05) is 44.8 Å². The molecule has 28 heavy (non-hydrogen) atoms. The summed E-state index contributed by atoms with van der Waals surface area (Å²) in [4.78, 5) is 4.86. The van der Waals surface area contributed by atoms with Crippen LogP contribution in [0.15, 0.2) is 54.6 Å². The third kappa shape index (κ3) is 3.28. The van der Waals surface area contributed by atoms with E-state index in [2.05, 4.69) is 59.3 Å². The Balaban J connectivity index is 1.54. The van der Waals surface area contributed by atoms with Gasteiger partial charge in [0.05, 0.1) is 13.2 Å². The second-order valence-electron chi connectivity index (χ2n) is 7.95. The standard InChI is InChI=1S/C24H25ClN2O/c1-26-15-19-13-20(27-9-11-28-12-10-27)7-8-21(19)23(16-26)18-6-5-17-3-2-4-24(25)22(17)14-18/h2-8,13-14,23H,9-12,15-16H2,1H3. The van der Waals surface area contributed by atoms with Gasteiger partial charge in [0.15, 0.2) is 0 Å². The van der Waals surface area contributed by atoms with Crippen LogP contribution in [0.25, 0.3) is 10.8 Å². The summed E-state index contributed by atoms with van der Waals surface area (Å²) in [7, 11) is 2.21. The Hall–Kier alpha value is -2.07. The molecule has 0 aliphatic carbocycles. The molecule has 3 aromatic rings. The number of hydrogen-bond donors (Lipinski definition) is 0. The Kier molecular flexibility index (Phi) is 4.75. The molecule has 0 aromatic heterocycles. The molecule has 2 aliphatic rings. The van der Waals surface area contributed by atoms with Crippen LogP contribution in [0.5, 0.6) is 0 Å². The van der Waals surface area contributed by atoms with Crippen LogP contribution in [0.4, 0.5) is 5.69 Å². The van der Waals surface area contributed by atoms with Crippen molar-refractivity contribution in [2.24, 2.45) is 0 Å². The minimum Gasteiger partial charge on any atom is -0.378 e. The van der Waals surface area contributed by atoms with Gasteiger partial charge in [0.1, 0.15) is 0 Å². The van der Waals surface area contributed by atoms with Crippen LogP contribution in [-0.2, 0) is 11.3 Å². The Labute approximate surface area is 171 Å². The molecule has 144 valence electrons. The van der Waals surface area contributed by atoms with Gasteiger partial charge in [-0.1, -0.05) is 41.9 Å². The number of rotatable bonds is 2. The molecule has 0 N–H and O–H groups in total. The number of halogens is 1. The van der Waals surface area contributed by atoms with Crippen molar-refractivity contribution in [3.8, 4) is 0 Å². The minimum atomic E-state index is 0.369. The third-order valence-electron chi connectivity index (χ3n) is 6.07. The van der Waals surface area contributed by atoms with E-state index in [-0.39, 0.29) is 0 Å². The molecule has 2 aliphatic heterocycles. The maximum absolute atomic E-state index is 6.48. The predicted molar refractivity (Wildman–Crippen MR) is 117 cm³/mol. The zero-order valence-electron chi connectivity index (χ0n) is 16.2. The van der Waals surface area contributed by atoms with Gasteiger partial charge in [0, 0.05) is 48.2 Å². The fraction of sp³-hybridized carbons (Fsp3) is 0.333. The van der Waals surface area contributed by atoms with E-state index in [1.54, 1.807) is 0 Å². The second kappa shape index (κ2) is 7.40. The highest BCUT2D eigenvalue weighted by atomic mass is 35.5. The van der Waals surface area contributed by atoms with E-state index in [0.29, 0.717) is 5.92 Å². The van der Waals surface area contributed by atoms with Gasteiger partial charge in [-0.3, -0.25) is 0 Å². The number of fused-ring (bicyclic) bond motifs is 2. The summed E-state index contributed by atoms with van der Waals surface area (Å²) in [5, 5.41) is 3.16. The van der Waals surface area contributed by atoms with E-state index in [1.807, 2.05) is 12.1 Å². The molecule has 4 heteroatoms. The Morgan fingerprint density at radius 2 is 1.86 bits per heavy atom. The first-order valence-electron chi connectivity index (χ1n) is 10.0. The van der Waals surface area contributed by atoms with E-state index < -0.39 is 0 Å². The molecule has 1 unspecified atom stereocenters. The van der Waals surface area contributed by atoms with E-state index in [0.717, 1.165) is 49.8 Å². The van der Waals surface area contributed by atoms with Crippen molar-refractivity contribution in [3.63, 3.8) is 0 Å². The molecule has 0 amide bonds. The fourth-order valence-electron chi connectivity index (χ4n) is 4.61. The number of hydrogen-bond acceptors (Lipinski definition) is 3. The molecule has 0 bridgehead atoms. The highest BCUT2D eigenvalue weighted by Gasteiger charge is 2.26. The molecular weight excluding hydrogens is 368 g/mol. The molecule has 1 atom stereocenters. The van der Waals surface area contributed by atoms with E-state index in [9.17, 15) is 0 Å². The SMILES string of the molecule is CN1Cc2cc(N3CCOCC3)ccc2C(c2ccc3cccc(Cl)c3c2)C1. The van der Waals surface area contributed by atoms with Crippen molar-refractivity contribution in [1.82, 2.24) is 4.90 Å². The van der Waals surface area contributed by atoms with Crippen molar-refractivity contribution in [1.29, 1.82) is 0 Å². The van der Waals surface area contributed by atoms with Crippen LogP contribution in [0.2, 0.25) is 5.02 Å². The lowest BCUT2D eigenvalue weighted by atomic mass is 9.84. The highest BCUT2D eigenvalue weighted by Crippen LogP contribution is 2.37. The first kappa shape index (κ1) is 18.0. The van der Waals surface area contributed by atoms with E-state index in [1.165, 1.54) is 27.8 Å². The van der Waals surface area contributed by atoms with Crippen LogP contribution in [0, 0.1) is 0 Å². The van der Waals surface area contributed by atoms with Crippen molar-refractivity contribution in [2.45, 2.75) is 12.5 Å². The summed E-state index contributed by atoms with van der Waals surface area (Å²) in [6.07, 6.45) is 0.